The van der Waals surface area contributed by atoms with Gasteiger partial charge in [0.1, 0.15) is 17.9 Å². The smallest absolute Gasteiger partial charge is 0.232 e. The number of carbonyl (C=O) groups is 3. The van der Waals surface area contributed by atoms with Crippen molar-refractivity contribution in [3.05, 3.63) is 0 Å². The number of hydrogen-bond donors (Lipinski definition) is 2. The molecule has 49 heavy (non-hydrogen) atoms. The summed E-state index contributed by atoms with van der Waals surface area (Å²) in [6.45, 7) is 18.4. The summed E-state index contributed by atoms with van der Waals surface area (Å²) < 4.78 is 7.01. The standard InChI is InChI=1S/C40H65N5O4/c1-26-9-12-40(41-25-26)27(2)37-33(49-40)22-32-30-8-7-28-21-29(10-11-38(28,3)31(30)23-34(46)39(32,37)4)42-35(47)24-36(48)45-19-17-44(18-20-45)16-15-43-13-5-6-14-43/h26-33,37,41H,5-25H2,1-4H3,(H,42,47)/t26-,27+,28+,29+,30-,31+,32+,33+,37+,38+,39-,40-/m1/s1. The van der Waals surface area contributed by atoms with E-state index >= 15 is 0 Å². The van der Waals surface area contributed by atoms with Gasteiger partial charge in [-0.15, -0.1) is 0 Å². The second kappa shape index (κ2) is 13.1. The van der Waals surface area contributed by atoms with E-state index in [1.165, 1.54) is 45.2 Å². The fraction of sp³-hybridized carbons (Fsp3) is 0.925. The van der Waals surface area contributed by atoms with Crippen molar-refractivity contribution in [2.24, 2.45) is 52.3 Å². The van der Waals surface area contributed by atoms with Gasteiger partial charge in [-0.05, 0) is 112 Å². The summed E-state index contributed by atoms with van der Waals surface area (Å²) >= 11 is 0. The van der Waals surface area contributed by atoms with Crippen LogP contribution in [0.15, 0.2) is 0 Å². The minimum Gasteiger partial charge on any atom is -0.357 e. The lowest BCUT2D eigenvalue weighted by Gasteiger charge is -2.60. The fourth-order valence-corrected chi connectivity index (χ4v) is 13.3. The number of piperidine rings is 1. The normalized spacial score (nSPS) is 47.1. The largest absolute Gasteiger partial charge is 0.357 e. The van der Waals surface area contributed by atoms with Crippen LogP contribution < -0.4 is 10.6 Å². The summed E-state index contributed by atoms with van der Waals surface area (Å²) in [4.78, 5) is 47.6. The van der Waals surface area contributed by atoms with Crippen LogP contribution in [0.3, 0.4) is 0 Å². The van der Waals surface area contributed by atoms with Crippen molar-refractivity contribution in [1.29, 1.82) is 0 Å². The van der Waals surface area contributed by atoms with Crippen LogP contribution in [0.25, 0.3) is 0 Å². The molecule has 4 heterocycles. The Morgan fingerprint density at radius 3 is 2.35 bits per heavy atom. The minimum absolute atomic E-state index is 0.0269. The maximum Gasteiger partial charge on any atom is 0.232 e. The Morgan fingerprint density at radius 2 is 1.63 bits per heavy atom. The van der Waals surface area contributed by atoms with Crippen LogP contribution in [0.5, 0.6) is 0 Å². The van der Waals surface area contributed by atoms with Crippen molar-refractivity contribution in [3.8, 4) is 0 Å². The zero-order valence-electron chi connectivity index (χ0n) is 31.0. The van der Waals surface area contributed by atoms with Crippen molar-refractivity contribution in [2.45, 2.75) is 123 Å². The second-order valence-corrected chi connectivity index (χ2v) is 18.7. The minimum atomic E-state index is -0.277. The first-order valence-corrected chi connectivity index (χ1v) is 20.5. The second-order valence-electron chi connectivity index (χ2n) is 18.7. The van der Waals surface area contributed by atoms with Gasteiger partial charge in [-0.2, -0.15) is 0 Å². The number of likely N-dealkylation sites (tertiary alicyclic amines) is 1. The van der Waals surface area contributed by atoms with E-state index in [-0.39, 0.29) is 46.9 Å². The third kappa shape index (κ3) is 5.93. The molecule has 4 saturated heterocycles. The zero-order chi connectivity index (χ0) is 34.1. The summed E-state index contributed by atoms with van der Waals surface area (Å²) in [5, 5.41) is 7.11. The maximum atomic E-state index is 14.5. The van der Waals surface area contributed by atoms with Crippen LogP contribution in [-0.4, -0.2) is 109 Å². The number of carbonyl (C=O) groups excluding carboxylic acids is 3. The van der Waals surface area contributed by atoms with E-state index in [1.807, 2.05) is 4.90 Å². The number of nitrogens with one attached hydrogen (secondary N) is 2. The lowest BCUT2D eigenvalue weighted by molar-refractivity contribution is -0.160. The number of ketones is 1. The van der Waals surface area contributed by atoms with E-state index in [0.29, 0.717) is 47.2 Å². The highest BCUT2D eigenvalue weighted by Gasteiger charge is 2.71. The van der Waals surface area contributed by atoms with Crippen LogP contribution in [-0.2, 0) is 19.1 Å². The fourth-order valence-electron chi connectivity index (χ4n) is 13.3. The molecule has 274 valence electrons. The molecular formula is C40H65N5O4. The first-order chi connectivity index (χ1) is 23.5. The monoisotopic (exact) mass is 680 g/mol. The summed E-state index contributed by atoms with van der Waals surface area (Å²) in [5.74, 6) is 3.68. The van der Waals surface area contributed by atoms with E-state index < -0.39 is 0 Å². The molecular weight excluding hydrogens is 614 g/mol. The van der Waals surface area contributed by atoms with Gasteiger partial charge in [0.15, 0.2) is 0 Å². The molecule has 8 rings (SSSR count). The number of rotatable bonds is 6. The van der Waals surface area contributed by atoms with Gasteiger partial charge in [0.25, 0.3) is 0 Å². The number of ether oxygens (including phenoxy) is 1. The first-order valence-electron chi connectivity index (χ1n) is 20.5. The van der Waals surface area contributed by atoms with Gasteiger partial charge in [-0.1, -0.05) is 27.7 Å². The molecule has 9 nitrogen and oxygen atoms in total. The predicted octanol–water partition coefficient (Wildman–Crippen LogP) is 4.30. The molecule has 1 spiro atoms. The van der Waals surface area contributed by atoms with Crippen molar-refractivity contribution >= 4 is 17.6 Å². The third-order valence-electron chi connectivity index (χ3n) is 16.3. The molecule has 9 heteroatoms. The molecule has 0 radical (unpaired) electrons. The SMILES string of the molecule is C[C@@H]1CC[C@@]2(NC1)O[C@H]1C[C@H]3[C@@H]4CC[C@H]5C[C@@H](NC(=O)CC(=O)N6CCN(CCN7CCCC7)CC6)CC[C@]5(C)[C@H]4CC(=O)[C@]3(C)[C@H]1[C@@H]2C. The molecule has 2 N–H and O–H groups in total. The molecule has 0 aromatic rings. The predicted molar refractivity (Wildman–Crippen MR) is 189 cm³/mol. The van der Waals surface area contributed by atoms with Crippen molar-refractivity contribution in [1.82, 2.24) is 25.3 Å². The Kier molecular flexibility index (Phi) is 9.26. The molecule has 8 aliphatic rings. The number of nitrogens with zero attached hydrogens (tertiary/aromatic N) is 3. The van der Waals surface area contributed by atoms with Gasteiger partial charge < -0.3 is 19.9 Å². The van der Waals surface area contributed by atoms with Crippen LogP contribution in [0, 0.1) is 52.3 Å². The molecule has 4 saturated carbocycles. The lowest BCUT2D eigenvalue weighted by atomic mass is 9.44. The first kappa shape index (κ1) is 34.5. The van der Waals surface area contributed by atoms with Crippen molar-refractivity contribution < 1.29 is 19.1 Å². The van der Waals surface area contributed by atoms with E-state index in [4.69, 9.17) is 4.74 Å². The average Bonchev–Trinajstić information content (AvgIpc) is 3.78. The van der Waals surface area contributed by atoms with E-state index in [9.17, 15) is 14.4 Å². The van der Waals surface area contributed by atoms with Crippen molar-refractivity contribution in [2.75, 3.05) is 58.9 Å². The van der Waals surface area contributed by atoms with Crippen molar-refractivity contribution in [3.63, 3.8) is 0 Å². The summed E-state index contributed by atoms with van der Waals surface area (Å²) in [5.41, 5.74) is -0.385. The molecule has 4 aliphatic carbocycles. The van der Waals surface area contributed by atoms with Gasteiger partial charge >= 0.3 is 0 Å². The molecule has 4 aliphatic heterocycles. The summed E-state index contributed by atoms with van der Waals surface area (Å²) in [6.07, 6.45) is 12.2. The van der Waals surface area contributed by atoms with Gasteiger partial charge in [0, 0.05) is 75.5 Å². The Morgan fingerprint density at radius 1 is 0.898 bits per heavy atom. The van der Waals surface area contributed by atoms with Gasteiger partial charge in [0.2, 0.25) is 11.8 Å². The molecule has 0 bridgehead atoms. The van der Waals surface area contributed by atoms with Crippen LogP contribution >= 0.6 is 0 Å². The Balaban J connectivity index is 0.838. The number of hydrogen-bond acceptors (Lipinski definition) is 7. The maximum absolute atomic E-state index is 14.5. The van der Waals surface area contributed by atoms with E-state index in [0.717, 1.165) is 84.3 Å². The number of Topliss-reactive ketones (excluding diaryl/α,β-unsaturated/α-hetero) is 1. The Bertz CT molecular complexity index is 1270. The number of fused-ring (bicyclic) bond motifs is 7. The van der Waals surface area contributed by atoms with Gasteiger partial charge in [-0.25, -0.2) is 0 Å². The quantitative estimate of drug-likeness (QED) is 0.405. The van der Waals surface area contributed by atoms with E-state index in [2.05, 4.69) is 48.1 Å². The highest BCUT2D eigenvalue weighted by molar-refractivity contribution is 5.97. The number of amides is 2. The summed E-state index contributed by atoms with van der Waals surface area (Å²) in [7, 11) is 0. The topological polar surface area (TPSA) is 94.2 Å². The molecule has 8 fully saturated rings. The highest BCUT2D eigenvalue weighted by atomic mass is 16.5. The average molecular weight is 680 g/mol. The molecule has 2 amide bonds. The molecule has 0 unspecified atom stereocenters. The van der Waals surface area contributed by atoms with Crippen LogP contribution in [0.4, 0.5) is 0 Å². The van der Waals surface area contributed by atoms with Crippen LogP contribution in [0.1, 0.15) is 105 Å². The molecule has 0 aromatic heterocycles. The zero-order valence-corrected chi connectivity index (χ0v) is 31.0. The summed E-state index contributed by atoms with van der Waals surface area (Å²) in [6, 6.07) is 0.129. The molecule has 12 atom stereocenters. The Labute approximate surface area is 295 Å². The van der Waals surface area contributed by atoms with Gasteiger partial charge in [0.05, 0.1) is 6.10 Å². The third-order valence-corrected chi connectivity index (χ3v) is 16.3. The Hall–Kier alpha value is -1.55. The van der Waals surface area contributed by atoms with Crippen LogP contribution in [0.2, 0.25) is 0 Å². The molecule has 0 aromatic carbocycles. The van der Waals surface area contributed by atoms with Gasteiger partial charge in [-0.3, -0.25) is 24.6 Å². The number of piperazine rings is 1. The lowest BCUT2D eigenvalue weighted by Crippen LogP contribution is -2.60. The highest BCUT2D eigenvalue weighted by Crippen LogP contribution is 2.70. The van der Waals surface area contributed by atoms with E-state index in [1.54, 1.807) is 0 Å².